The molecular weight excluding hydrogens is 418 g/mol. The molecule has 1 aliphatic heterocycles. The summed E-state index contributed by atoms with van der Waals surface area (Å²) in [5.74, 6) is -0.125. The average Bonchev–Trinajstić information content (AvgIpc) is 3.09. The van der Waals surface area contributed by atoms with E-state index in [-0.39, 0.29) is 17.0 Å². The summed E-state index contributed by atoms with van der Waals surface area (Å²) in [4.78, 5) is 45.5. The second kappa shape index (κ2) is 9.98. The summed E-state index contributed by atoms with van der Waals surface area (Å²) < 4.78 is 7.49. The Morgan fingerprint density at radius 1 is 1.06 bits per heavy atom. The molecule has 0 saturated carbocycles. The lowest BCUT2D eigenvalue weighted by atomic mass is 10.1. The molecule has 0 spiro atoms. The van der Waals surface area contributed by atoms with Crippen LogP contribution >= 0.6 is 0 Å². The van der Waals surface area contributed by atoms with Crippen LogP contribution in [0.3, 0.4) is 0 Å². The minimum absolute atomic E-state index is 0.0734. The standard InChI is InChI=1S/C26H29N3O4/c1-3-28(4-2)25(31)23(18-11-7-5-8-12-18)33-26(32)19-14-15-20-21(17-19)27-22-13-9-6-10-16-29(22)24(20)30/h5,7-8,11-12,14-15,17,23H,3-4,6,9-10,13,16H2,1-2H3/t23-/m0/s1. The van der Waals surface area contributed by atoms with Gasteiger partial charge in [0.25, 0.3) is 11.5 Å². The predicted octanol–water partition coefficient (Wildman–Crippen LogP) is 3.89. The number of fused-ring (bicyclic) bond motifs is 2. The zero-order valence-corrected chi connectivity index (χ0v) is 19.1. The molecule has 1 atom stereocenters. The quantitative estimate of drug-likeness (QED) is 0.536. The average molecular weight is 448 g/mol. The molecule has 0 radical (unpaired) electrons. The maximum Gasteiger partial charge on any atom is 0.339 e. The van der Waals surface area contributed by atoms with Crippen molar-refractivity contribution in [3.63, 3.8) is 0 Å². The van der Waals surface area contributed by atoms with Crippen molar-refractivity contribution in [3.8, 4) is 0 Å². The number of hydrogen-bond donors (Lipinski definition) is 0. The van der Waals surface area contributed by atoms with Gasteiger partial charge in [-0.2, -0.15) is 0 Å². The van der Waals surface area contributed by atoms with Gasteiger partial charge in [-0.05, 0) is 44.9 Å². The van der Waals surface area contributed by atoms with Crippen LogP contribution in [0.2, 0.25) is 0 Å². The molecule has 1 aliphatic rings. The third-order valence-corrected chi connectivity index (χ3v) is 6.18. The molecule has 2 aromatic carbocycles. The highest BCUT2D eigenvalue weighted by Gasteiger charge is 2.29. The molecular formula is C26H29N3O4. The summed E-state index contributed by atoms with van der Waals surface area (Å²) >= 11 is 0. The minimum atomic E-state index is -1.04. The summed E-state index contributed by atoms with van der Waals surface area (Å²) in [6.07, 6.45) is 2.73. The monoisotopic (exact) mass is 447 g/mol. The number of benzene rings is 2. The van der Waals surface area contributed by atoms with E-state index in [2.05, 4.69) is 4.98 Å². The van der Waals surface area contributed by atoms with Crippen LogP contribution in [-0.2, 0) is 22.5 Å². The van der Waals surface area contributed by atoms with Crippen LogP contribution in [0.25, 0.3) is 10.9 Å². The zero-order chi connectivity index (χ0) is 23.4. The summed E-state index contributed by atoms with van der Waals surface area (Å²) in [7, 11) is 0. The van der Waals surface area contributed by atoms with Crippen LogP contribution in [0.4, 0.5) is 0 Å². The highest BCUT2D eigenvalue weighted by Crippen LogP contribution is 2.23. The number of rotatable bonds is 6. The van der Waals surface area contributed by atoms with Crippen molar-refractivity contribution in [3.05, 3.63) is 75.8 Å². The van der Waals surface area contributed by atoms with Crippen LogP contribution in [0.15, 0.2) is 53.3 Å². The topological polar surface area (TPSA) is 81.5 Å². The van der Waals surface area contributed by atoms with Crippen molar-refractivity contribution in [1.29, 1.82) is 0 Å². The number of hydrogen-bond acceptors (Lipinski definition) is 5. The maximum absolute atomic E-state index is 13.1. The van der Waals surface area contributed by atoms with Gasteiger partial charge < -0.3 is 9.64 Å². The fraction of sp³-hybridized carbons (Fsp3) is 0.385. The van der Waals surface area contributed by atoms with Crippen LogP contribution in [0, 0.1) is 0 Å². The Kier molecular flexibility index (Phi) is 6.87. The molecule has 7 heteroatoms. The molecule has 0 fully saturated rings. The molecule has 0 unspecified atom stereocenters. The maximum atomic E-state index is 13.1. The molecule has 0 bridgehead atoms. The molecule has 0 N–H and O–H groups in total. The van der Waals surface area contributed by atoms with E-state index >= 15 is 0 Å². The number of nitrogens with zero attached hydrogens (tertiary/aromatic N) is 3. The predicted molar refractivity (Wildman–Crippen MR) is 126 cm³/mol. The van der Waals surface area contributed by atoms with Crippen molar-refractivity contribution in [2.45, 2.75) is 52.2 Å². The van der Waals surface area contributed by atoms with E-state index < -0.39 is 12.1 Å². The van der Waals surface area contributed by atoms with E-state index in [1.807, 2.05) is 32.0 Å². The number of carbonyl (C=O) groups is 2. The van der Waals surface area contributed by atoms with Crippen LogP contribution in [0.5, 0.6) is 0 Å². The van der Waals surface area contributed by atoms with Gasteiger partial charge in [0.05, 0.1) is 16.5 Å². The molecule has 7 nitrogen and oxygen atoms in total. The molecule has 1 amide bonds. The number of esters is 1. The van der Waals surface area contributed by atoms with Gasteiger partial charge in [-0.1, -0.05) is 36.8 Å². The summed E-state index contributed by atoms with van der Waals surface area (Å²) in [6.45, 7) is 5.49. The van der Waals surface area contributed by atoms with Gasteiger partial charge >= 0.3 is 5.97 Å². The number of aromatic nitrogens is 2. The van der Waals surface area contributed by atoms with Gasteiger partial charge in [-0.25, -0.2) is 9.78 Å². The second-order valence-corrected chi connectivity index (χ2v) is 8.23. The SMILES string of the molecule is CCN(CC)C(=O)[C@@H](OC(=O)c1ccc2c(=O)n3c(nc2c1)CCCCC3)c1ccccc1. The van der Waals surface area contributed by atoms with Gasteiger partial charge in [0.1, 0.15) is 5.82 Å². The lowest BCUT2D eigenvalue weighted by Crippen LogP contribution is -2.36. The first kappa shape index (κ1) is 22.7. The molecule has 1 aromatic heterocycles. The van der Waals surface area contributed by atoms with Crippen LogP contribution in [-0.4, -0.2) is 39.4 Å². The van der Waals surface area contributed by atoms with Gasteiger partial charge in [0.15, 0.2) is 0 Å². The molecule has 0 aliphatic carbocycles. The van der Waals surface area contributed by atoms with Crippen molar-refractivity contribution in [1.82, 2.24) is 14.5 Å². The summed E-state index contributed by atoms with van der Waals surface area (Å²) in [6, 6.07) is 13.8. The Balaban J connectivity index is 1.67. The minimum Gasteiger partial charge on any atom is -0.444 e. The molecule has 4 rings (SSSR count). The van der Waals surface area contributed by atoms with Gasteiger partial charge in [-0.3, -0.25) is 14.2 Å². The first-order valence-corrected chi connectivity index (χ1v) is 11.6. The number of likely N-dealkylation sites (N-methyl/N-ethyl adjacent to an activating group) is 1. The van der Waals surface area contributed by atoms with E-state index in [0.717, 1.165) is 31.5 Å². The molecule has 2 heterocycles. The number of aryl methyl sites for hydroxylation is 1. The van der Waals surface area contributed by atoms with E-state index in [4.69, 9.17) is 4.74 Å². The summed E-state index contributed by atoms with van der Waals surface area (Å²) in [5.41, 5.74) is 1.29. The highest BCUT2D eigenvalue weighted by atomic mass is 16.5. The third-order valence-electron chi connectivity index (χ3n) is 6.18. The van der Waals surface area contributed by atoms with E-state index in [1.165, 1.54) is 0 Å². The smallest absolute Gasteiger partial charge is 0.339 e. The Morgan fingerprint density at radius 3 is 2.55 bits per heavy atom. The number of carbonyl (C=O) groups excluding carboxylic acids is 2. The largest absolute Gasteiger partial charge is 0.444 e. The van der Waals surface area contributed by atoms with Crippen molar-refractivity contribution in [2.24, 2.45) is 0 Å². The highest BCUT2D eigenvalue weighted by molar-refractivity contribution is 5.96. The molecule has 3 aromatic rings. The normalized spacial score (nSPS) is 14.2. The Hall–Kier alpha value is -3.48. The first-order chi connectivity index (χ1) is 16.0. The lowest BCUT2D eigenvalue weighted by Gasteiger charge is -2.25. The van der Waals surface area contributed by atoms with Crippen molar-refractivity contribution < 1.29 is 14.3 Å². The summed E-state index contributed by atoms with van der Waals surface area (Å²) in [5, 5.41) is 0.482. The van der Waals surface area contributed by atoms with Crippen LogP contribution < -0.4 is 5.56 Å². The van der Waals surface area contributed by atoms with Crippen molar-refractivity contribution in [2.75, 3.05) is 13.1 Å². The Morgan fingerprint density at radius 2 is 1.82 bits per heavy atom. The Bertz CT molecular complexity index is 1220. The van der Waals surface area contributed by atoms with Gasteiger partial charge in [0.2, 0.25) is 6.10 Å². The Labute approximate surface area is 193 Å². The van der Waals surface area contributed by atoms with Crippen LogP contribution in [0.1, 0.15) is 61.0 Å². The molecule has 172 valence electrons. The number of ether oxygens (including phenoxy) is 1. The van der Waals surface area contributed by atoms with Gasteiger partial charge in [0, 0.05) is 31.6 Å². The van der Waals surface area contributed by atoms with E-state index in [0.29, 0.717) is 36.1 Å². The third kappa shape index (κ3) is 4.67. The molecule has 0 saturated heterocycles. The number of amides is 1. The lowest BCUT2D eigenvalue weighted by molar-refractivity contribution is -0.140. The second-order valence-electron chi connectivity index (χ2n) is 8.23. The van der Waals surface area contributed by atoms with E-state index in [9.17, 15) is 14.4 Å². The van der Waals surface area contributed by atoms with Crippen molar-refractivity contribution >= 4 is 22.8 Å². The fourth-order valence-corrected chi connectivity index (χ4v) is 4.31. The fourth-order valence-electron chi connectivity index (χ4n) is 4.31. The first-order valence-electron chi connectivity index (χ1n) is 11.6. The van der Waals surface area contributed by atoms with Gasteiger partial charge in [-0.15, -0.1) is 0 Å². The molecule has 33 heavy (non-hydrogen) atoms. The van der Waals surface area contributed by atoms with E-state index in [1.54, 1.807) is 39.8 Å². The zero-order valence-electron chi connectivity index (χ0n) is 19.1.